The third kappa shape index (κ3) is 12.7. The molecule has 2 unspecified atom stereocenters. The normalized spacial score (nSPS) is 20.2. The van der Waals surface area contributed by atoms with Gasteiger partial charge in [0, 0.05) is 34.4 Å². The molecule has 0 radical (unpaired) electrons. The predicted octanol–water partition coefficient (Wildman–Crippen LogP) is 7.75. The topological polar surface area (TPSA) is 94.6 Å². The number of nitrogens with zero attached hydrogens (tertiary/aromatic N) is 2. The van der Waals surface area contributed by atoms with Crippen molar-refractivity contribution in [3.05, 3.63) is 35.9 Å². The van der Waals surface area contributed by atoms with E-state index in [0.717, 1.165) is 30.6 Å². The molecule has 43 heavy (non-hydrogen) atoms. The van der Waals surface area contributed by atoms with E-state index in [1.54, 1.807) is 41.5 Å². The van der Waals surface area contributed by atoms with Crippen molar-refractivity contribution < 1.29 is 33.1 Å². The maximum Gasteiger partial charge on any atom is 0.419 e. The number of hydrogen-bond donors (Lipinski definition) is 0. The zero-order chi connectivity index (χ0) is 32.5. The summed E-state index contributed by atoms with van der Waals surface area (Å²) in [5.74, 6) is -0.240. The molecule has 1 aliphatic heterocycles. The highest BCUT2D eigenvalue weighted by Gasteiger charge is 2.51. The Hall–Kier alpha value is -2.22. The predicted molar refractivity (Wildman–Crippen MR) is 171 cm³/mol. The van der Waals surface area contributed by atoms with E-state index in [2.05, 4.69) is 17.0 Å². The minimum absolute atomic E-state index is 0.106. The molecule has 2 rings (SSSR count). The second-order valence-corrected chi connectivity index (χ2v) is 16.5. The number of carbonyl (C=O) groups excluding carboxylic acids is 3. The van der Waals surface area contributed by atoms with Crippen molar-refractivity contribution in [1.29, 1.82) is 0 Å². The van der Waals surface area contributed by atoms with Crippen LogP contribution in [0, 0.1) is 0 Å². The summed E-state index contributed by atoms with van der Waals surface area (Å²) in [6.07, 6.45) is 1.79. The Morgan fingerprint density at radius 3 is 1.93 bits per heavy atom. The molecule has 0 saturated carbocycles. The molecular formula is C33H55N2O7P. The lowest BCUT2D eigenvalue weighted by molar-refractivity contribution is -0.159. The van der Waals surface area contributed by atoms with Gasteiger partial charge in [0.2, 0.25) is 0 Å². The Labute approximate surface area is 260 Å². The molecule has 2 atom stereocenters. The van der Waals surface area contributed by atoms with Crippen molar-refractivity contribution in [2.24, 2.45) is 0 Å². The molecule has 1 heterocycles. The van der Waals surface area contributed by atoms with Crippen LogP contribution in [0.15, 0.2) is 30.3 Å². The highest BCUT2D eigenvalue weighted by Crippen LogP contribution is 2.56. The molecule has 1 aliphatic rings. The Balaban J connectivity index is 2.34. The maximum absolute atomic E-state index is 14.2. The number of esters is 1. The van der Waals surface area contributed by atoms with Crippen molar-refractivity contribution in [3.63, 3.8) is 0 Å². The Bertz CT molecular complexity index is 1020. The van der Waals surface area contributed by atoms with E-state index in [4.69, 9.17) is 18.7 Å². The largest absolute Gasteiger partial charge is 0.459 e. The highest BCUT2D eigenvalue weighted by atomic mass is 31.1. The van der Waals surface area contributed by atoms with E-state index in [0.29, 0.717) is 32.4 Å². The lowest BCUT2D eigenvalue weighted by Gasteiger charge is -2.40. The van der Waals surface area contributed by atoms with Crippen molar-refractivity contribution in [1.82, 2.24) is 9.80 Å². The van der Waals surface area contributed by atoms with Crippen LogP contribution in [0.1, 0.15) is 100 Å². The number of hydrogen-bond acceptors (Lipinski definition) is 8. The average molecular weight is 623 g/mol. The second kappa shape index (κ2) is 15.7. The molecule has 2 amide bonds. The molecule has 9 nitrogen and oxygen atoms in total. The minimum Gasteiger partial charge on any atom is -0.459 e. The summed E-state index contributed by atoms with van der Waals surface area (Å²) in [5, 5.41) is -0.855. The van der Waals surface area contributed by atoms with Crippen molar-refractivity contribution in [2.45, 2.75) is 123 Å². The van der Waals surface area contributed by atoms with E-state index >= 15 is 0 Å². The molecule has 0 bridgehead atoms. The Morgan fingerprint density at radius 1 is 0.860 bits per heavy atom. The Morgan fingerprint density at radius 2 is 1.42 bits per heavy atom. The lowest BCUT2D eigenvalue weighted by Crippen LogP contribution is -2.50. The zero-order valence-electron chi connectivity index (χ0n) is 28.2. The van der Waals surface area contributed by atoms with Crippen molar-refractivity contribution in [2.75, 3.05) is 32.4 Å². The van der Waals surface area contributed by atoms with Crippen LogP contribution >= 0.6 is 8.15 Å². The fourth-order valence-corrected chi connectivity index (χ4v) is 7.48. The molecule has 1 aromatic rings. The quantitative estimate of drug-likeness (QED) is 0.113. The van der Waals surface area contributed by atoms with Crippen molar-refractivity contribution in [3.8, 4) is 0 Å². The van der Waals surface area contributed by atoms with Crippen LogP contribution in [0.3, 0.4) is 0 Å². The van der Waals surface area contributed by atoms with Crippen LogP contribution < -0.4 is 0 Å². The van der Waals surface area contributed by atoms with Gasteiger partial charge in [0.1, 0.15) is 22.0 Å². The first-order valence-electron chi connectivity index (χ1n) is 15.5. The van der Waals surface area contributed by atoms with Gasteiger partial charge in [0.05, 0.1) is 0 Å². The van der Waals surface area contributed by atoms with Crippen LogP contribution in [-0.4, -0.2) is 82.3 Å². The van der Waals surface area contributed by atoms with Gasteiger partial charge < -0.3 is 18.7 Å². The first-order chi connectivity index (χ1) is 19.8. The third-order valence-corrected chi connectivity index (χ3v) is 9.36. The maximum atomic E-state index is 14.2. The Kier molecular flexibility index (Phi) is 13.5. The second-order valence-electron chi connectivity index (χ2n) is 14.2. The molecule has 10 heteroatoms. The summed E-state index contributed by atoms with van der Waals surface area (Å²) in [7, 11) is -1.15. The summed E-state index contributed by atoms with van der Waals surface area (Å²) in [6, 6.07) is 10.3. The summed E-state index contributed by atoms with van der Waals surface area (Å²) in [4.78, 5) is 43.6. The van der Waals surface area contributed by atoms with Crippen LogP contribution in [0.4, 0.5) is 9.59 Å². The molecule has 0 spiro atoms. The minimum atomic E-state index is -1.15. The van der Waals surface area contributed by atoms with Gasteiger partial charge in [-0.15, -0.1) is 0 Å². The van der Waals surface area contributed by atoms with E-state index in [-0.39, 0.29) is 12.5 Å². The third-order valence-electron chi connectivity index (χ3n) is 6.56. The van der Waals surface area contributed by atoms with Gasteiger partial charge in [-0.3, -0.25) is 9.69 Å². The zero-order valence-corrected chi connectivity index (χ0v) is 29.1. The number of benzene rings is 1. The van der Waals surface area contributed by atoms with Gasteiger partial charge in [0.25, 0.3) is 0 Å². The summed E-state index contributed by atoms with van der Waals surface area (Å²) < 4.78 is 23.5. The molecule has 0 aromatic heterocycles. The summed E-state index contributed by atoms with van der Waals surface area (Å²) in [5.41, 5.74) is -1.01. The molecule has 244 valence electrons. The molecular weight excluding hydrogens is 567 g/mol. The fourth-order valence-electron chi connectivity index (χ4n) is 4.92. The van der Waals surface area contributed by atoms with Gasteiger partial charge in [-0.25, -0.2) is 14.5 Å². The molecule has 1 aromatic carbocycles. The van der Waals surface area contributed by atoms with Gasteiger partial charge in [0.15, 0.2) is 0 Å². The first kappa shape index (κ1) is 37.0. The summed E-state index contributed by atoms with van der Waals surface area (Å²) in [6.45, 7) is 20.9. The lowest BCUT2D eigenvalue weighted by atomic mass is 9.98. The van der Waals surface area contributed by atoms with E-state index in [9.17, 15) is 14.4 Å². The summed E-state index contributed by atoms with van der Waals surface area (Å²) >= 11 is 0. The SMILES string of the molecule is CCOP1CCCN(Cc2ccccc2)CC1(CCCCN(C(=O)OC(C)(C)C)C(=O)OC(C)(C)C)C(=O)OC(C)(C)C. The average Bonchev–Trinajstić information content (AvgIpc) is 3.01. The van der Waals surface area contributed by atoms with Crippen molar-refractivity contribution >= 4 is 26.3 Å². The van der Waals surface area contributed by atoms with Gasteiger partial charge in [-0.1, -0.05) is 36.8 Å². The van der Waals surface area contributed by atoms with E-state index in [1.807, 2.05) is 45.9 Å². The van der Waals surface area contributed by atoms with Crippen LogP contribution in [-0.2, 0) is 30.1 Å². The van der Waals surface area contributed by atoms with Gasteiger partial charge in [-0.05, 0) is 107 Å². The number of unbranched alkanes of at least 4 members (excludes halogenated alkanes) is 1. The standard InChI is InChI=1S/C33H55N2O7P/c1-11-39-43-23-17-21-34(24-26-18-13-12-14-19-26)25-33(43,27(36)40-30(2,3)4)20-15-16-22-35(28(37)41-31(5,6)7)29(38)42-32(8,9)10/h12-14,18-19H,11,15-17,20-25H2,1-10H3. The van der Waals surface area contributed by atoms with Crippen LogP contribution in [0.5, 0.6) is 0 Å². The van der Waals surface area contributed by atoms with E-state index < -0.39 is 42.3 Å². The number of imide groups is 1. The first-order valence-corrected chi connectivity index (χ1v) is 16.9. The van der Waals surface area contributed by atoms with Gasteiger partial charge in [-0.2, -0.15) is 0 Å². The number of carbonyl (C=O) groups is 3. The van der Waals surface area contributed by atoms with E-state index in [1.165, 1.54) is 5.56 Å². The number of ether oxygens (including phenoxy) is 3. The fraction of sp³-hybridized carbons (Fsp3) is 0.727. The molecule has 0 N–H and O–H groups in total. The molecule has 1 saturated heterocycles. The highest BCUT2D eigenvalue weighted by molar-refractivity contribution is 7.55. The number of amides is 2. The van der Waals surface area contributed by atoms with Crippen LogP contribution in [0.2, 0.25) is 0 Å². The molecule has 1 fully saturated rings. The van der Waals surface area contributed by atoms with Gasteiger partial charge >= 0.3 is 18.2 Å². The smallest absolute Gasteiger partial charge is 0.419 e. The molecule has 0 aliphatic carbocycles. The number of rotatable bonds is 10. The monoisotopic (exact) mass is 622 g/mol. The van der Waals surface area contributed by atoms with Crippen LogP contribution in [0.25, 0.3) is 0 Å².